The number of pyridine rings is 1. The topological polar surface area (TPSA) is 66.4 Å². The summed E-state index contributed by atoms with van der Waals surface area (Å²) in [6, 6.07) is 4.32. The van der Waals surface area contributed by atoms with Crippen LogP contribution in [0, 0.1) is 12.7 Å². The third kappa shape index (κ3) is 4.70. The summed E-state index contributed by atoms with van der Waals surface area (Å²) in [7, 11) is 3.60. The Morgan fingerprint density at radius 3 is 2.44 bits per heavy atom. The maximum absolute atomic E-state index is 14.7. The average Bonchev–Trinajstić information content (AvgIpc) is 2.78. The molecule has 7 nitrogen and oxygen atoms in total. The van der Waals surface area contributed by atoms with Gasteiger partial charge in [0.2, 0.25) is 5.88 Å². The van der Waals surface area contributed by atoms with Crippen molar-refractivity contribution in [1.29, 1.82) is 0 Å². The summed E-state index contributed by atoms with van der Waals surface area (Å²) in [6.07, 6.45) is -4.78. The predicted molar refractivity (Wildman–Crippen MR) is 122 cm³/mol. The molecule has 11 heteroatoms. The van der Waals surface area contributed by atoms with Crippen LogP contribution in [-0.4, -0.2) is 60.2 Å². The van der Waals surface area contributed by atoms with Gasteiger partial charge in [0.1, 0.15) is 23.1 Å². The van der Waals surface area contributed by atoms with Crippen molar-refractivity contribution in [2.24, 2.45) is 0 Å². The van der Waals surface area contributed by atoms with Gasteiger partial charge in [0.15, 0.2) is 5.65 Å². The molecule has 3 heterocycles. The molecule has 0 spiro atoms. The summed E-state index contributed by atoms with van der Waals surface area (Å²) in [4.78, 5) is 17.8. The highest BCUT2D eigenvalue weighted by molar-refractivity contribution is 5.90. The van der Waals surface area contributed by atoms with Gasteiger partial charge in [0, 0.05) is 31.7 Å². The minimum atomic E-state index is -4.78. The van der Waals surface area contributed by atoms with Gasteiger partial charge in [-0.2, -0.15) is 18.2 Å². The van der Waals surface area contributed by atoms with Gasteiger partial charge in [-0.1, -0.05) is 12.1 Å². The fraction of sp³-hybridized carbons (Fsp3) is 0.435. The molecular formula is C23H26F4N6O. The van der Waals surface area contributed by atoms with Crippen molar-refractivity contribution in [2.45, 2.75) is 26.1 Å². The Bertz CT molecular complexity index is 1190. The zero-order chi connectivity index (χ0) is 24.6. The van der Waals surface area contributed by atoms with Gasteiger partial charge in [-0.3, -0.25) is 0 Å². The molecule has 0 radical (unpaired) electrons. The second kappa shape index (κ2) is 9.21. The van der Waals surface area contributed by atoms with Gasteiger partial charge in [0.05, 0.1) is 24.1 Å². The highest BCUT2D eigenvalue weighted by Crippen LogP contribution is 2.36. The number of hydrogen-bond donors (Lipinski definition) is 1. The monoisotopic (exact) mass is 478 g/mol. The number of benzene rings is 1. The van der Waals surface area contributed by atoms with E-state index in [4.69, 9.17) is 4.74 Å². The summed E-state index contributed by atoms with van der Waals surface area (Å²) in [5.74, 6) is -0.105. The molecule has 34 heavy (non-hydrogen) atoms. The Morgan fingerprint density at radius 2 is 1.79 bits per heavy atom. The molecule has 1 aliphatic heterocycles. The standard InChI is InChI=1S/C23H26F4N6O/c1-13(15-6-5-7-17(19(15)24)23(25,26)27)28-20-16-12-18(33-10-8-32(3)9-11-33)22(34-4)31-21(16)30-14(2)29-20/h5-7,12-13H,8-11H2,1-4H3,(H,28,29,30,31)/t13-/m1/s1. The Morgan fingerprint density at radius 1 is 1.09 bits per heavy atom. The molecule has 182 valence electrons. The van der Waals surface area contributed by atoms with E-state index in [9.17, 15) is 17.6 Å². The number of halogens is 4. The van der Waals surface area contributed by atoms with E-state index in [-0.39, 0.29) is 5.56 Å². The number of rotatable bonds is 5. The number of alkyl halides is 3. The Balaban J connectivity index is 1.75. The lowest BCUT2D eigenvalue weighted by Crippen LogP contribution is -2.44. The molecule has 1 aromatic carbocycles. The first-order chi connectivity index (χ1) is 16.1. The minimum Gasteiger partial charge on any atom is -0.479 e. The molecule has 2 aromatic heterocycles. The molecule has 0 amide bonds. The number of aryl methyl sites for hydroxylation is 1. The first-order valence-electron chi connectivity index (χ1n) is 10.9. The molecule has 0 bridgehead atoms. The molecule has 1 N–H and O–H groups in total. The average molecular weight is 478 g/mol. The number of nitrogens with zero attached hydrogens (tertiary/aromatic N) is 5. The van der Waals surface area contributed by atoms with Gasteiger partial charge < -0.3 is 19.9 Å². The van der Waals surface area contributed by atoms with E-state index in [0.717, 1.165) is 37.9 Å². The van der Waals surface area contributed by atoms with Crippen molar-refractivity contribution >= 4 is 22.5 Å². The Hall–Kier alpha value is -3.21. The summed E-state index contributed by atoms with van der Waals surface area (Å²) in [5.41, 5.74) is -0.260. The zero-order valence-corrected chi connectivity index (χ0v) is 19.4. The fourth-order valence-corrected chi connectivity index (χ4v) is 4.06. The van der Waals surface area contributed by atoms with Crippen molar-refractivity contribution in [3.63, 3.8) is 0 Å². The highest BCUT2D eigenvalue weighted by atomic mass is 19.4. The molecule has 1 aliphatic rings. The van der Waals surface area contributed by atoms with E-state index in [1.165, 1.54) is 12.1 Å². The number of aromatic nitrogens is 3. The Kier molecular flexibility index (Phi) is 6.48. The molecular weight excluding hydrogens is 452 g/mol. The fourth-order valence-electron chi connectivity index (χ4n) is 4.06. The lowest BCUT2D eigenvalue weighted by molar-refractivity contribution is -0.140. The first kappa shape index (κ1) is 23.9. The van der Waals surface area contributed by atoms with Gasteiger partial charge in [-0.15, -0.1) is 0 Å². The molecule has 0 saturated carbocycles. The van der Waals surface area contributed by atoms with Crippen LogP contribution in [0.4, 0.5) is 29.1 Å². The first-order valence-corrected chi connectivity index (χ1v) is 10.9. The van der Waals surface area contributed by atoms with Crippen molar-refractivity contribution < 1.29 is 22.3 Å². The van der Waals surface area contributed by atoms with Crippen LogP contribution in [0.5, 0.6) is 5.88 Å². The molecule has 4 rings (SSSR count). The quantitative estimate of drug-likeness (QED) is 0.545. The van der Waals surface area contributed by atoms with E-state index in [2.05, 4.69) is 37.1 Å². The van der Waals surface area contributed by atoms with E-state index >= 15 is 0 Å². The van der Waals surface area contributed by atoms with Gasteiger partial charge in [-0.25, -0.2) is 14.4 Å². The van der Waals surface area contributed by atoms with Crippen LogP contribution in [0.1, 0.15) is 29.9 Å². The van der Waals surface area contributed by atoms with Crippen molar-refractivity contribution in [3.05, 3.63) is 47.0 Å². The number of anilines is 2. The molecule has 0 aliphatic carbocycles. The molecule has 1 saturated heterocycles. The van der Waals surface area contributed by atoms with E-state index in [0.29, 0.717) is 28.6 Å². The molecule has 1 atom stereocenters. The molecule has 0 unspecified atom stereocenters. The van der Waals surface area contributed by atoms with Crippen molar-refractivity contribution in [2.75, 3.05) is 50.6 Å². The van der Waals surface area contributed by atoms with Crippen LogP contribution in [0.15, 0.2) is 24.3 Å². The molecule has 1 fully saturated rings. The van der Waals surface area contributed by atoms with Crippen LogP contribution in [0.2, 0.25) is 0 Å². The maximum atomic E-state index is 14.7. The van der Waals surface area contributed by atoms with Crippen molar-refractivity contribution in [3.8, 4) is 5.88 Å². The lowest BCUT2D eigenvalue weighted by Gasteiger charge is -2.34. The summed E-state index contributed by atoms with van der Waals surface area (Å²) in [6.45, 7) is 6.58. The van der Waals surface area contributed by atoms with E-state index in [1.54, 1.807) is 21.0 Å². The second-order valence-corrected chi connectivity index (χ2v) is 8.37. The normalized spacial score (nSPS) is 16.1. The Labute approximate surface area is 194 Å². The lowest BCUT2D eigenvalue weighted by atomic mass is 10.0. The number of nitrogens with one attached hydrogen (secondary N) is 1. The van der Waals surface area contributed by atoms with Crippen LogP contribution in [0.3, 0.4) is 0 Å². The maximum Gasteiger partial charge on any atom is 0.419 e. The number of likely N-dealkylation sites (N-methyl/N-ethyl adjacent to an activating group) is 1. The SMILES string of the molecule is COc1nc2nc(C)nc(N[C@H](C)c3cccc(C(F)(F)F)c3F)c2cc1N1CCN(C)CC1. The van der Waals surface area contributed by atoms with Gasteiger partial charge >= 0.3 is 6.18 Å². The number of ether oxygens (including phenoxy) is 1. The number of hydrogen-bond acceptors (Lipinski definition) is 7. The predicted octanol–water partition coefficient (Wildman–Crippen LogP) is 4.42. The third-order valence-electron chi connectivity index (χ3n) is 5.94. The van der Waals surface area contributed by atoms with Gasteiger partial charge in [0.25, 0.3) is 0 Å². The summed E-state index contributed by atoms with van der Waals surface area (Å²) < 4.78 is 59.8. The van der Waals surface area contributed by atoms with Crippen LogP contribution >= 0.6 is 0 Å². The van der Waals surface area contributed by atoms with E-state index in [1.807, 2.05) is 6.07 Å². The highest BCUT2D eigenvalue weighted by Gasteiger charge is 2.35. The smallest absolute Gasteiger partial charge is 0.419 e. The summed E-state index contributed by atoms with van der Waals surface area (Å²) >= 11 is 0. The number of piperazine rings is 1. The molecule has 3 aromatic rings. The van der Waals surface area contributed by atoms with E-state index < -0.39 is 23.6 Å². The second-order valence-electron chi connectivity index (χ2n) is 8.37. The number of fused-ring (bicyclic) bond motifs is 1. The minimum absolute atomic E-state index is 0.111. The third-order valence-corrected chi connectivity index (χ3v) is 5.94. The van der Waals surface area contributed by atoms with Crippen LogP contribution < -0.4 is 15.0 Å². The van der Waals surface area contributed by atoms with Crippen molar-refractivity contribution in [1.82, 2.24) is 19.9 Å². The number of methoxy groups -OCH3 is 1. The largest absolute Gasteiger partial charge is 0.479 e. The van der Waals surface area contributed by atoms with Crippen LogP contribution in [0.25, 0.3) is 11.0 Å². The zero-order valence-electron chi connectivity index (χ0n) is 19.4. The van der Waals surface area contributed by atoms with Crippen LogP contribution in [-0.2, 0) is 6.18 Å². The van der Waals surface area contributed by atoms with Gasteiger partial charge in [-0.05, 0) is 33.0 Å². The summed E-state index contributed by atoms with van der Waals surface area (Å²) in [5, 5.41) is 3.64.